The minimum atomic E-state index is -1.18. The van der Waals surface area contributed by atoms with E-state index in [1.807, 2.05) is 0 Å². The van der Waals surface area contributed by atoms with Gasteiger partial charge in [0.05, 0.1) is 120 Å². The fourth-order valence-corrected chi connectivity index (χ4v) is 16.4. The molecule has 12 heterocycles. The smallest absolute Gasteiger partial charge is 0.253 e. The summed E-state index contributed by atoms with van der Waals surface area (Å²) in [5.41, 5.74) is 2.72. The third kappa shape index (κ3) is 18.7. The van der Waals surface area contributed by atoms with Gasteiger partial charge in [-0.05, 0) is 67.6 Å². The van der Waals surface area contributed by atoms with Gasteiger partial charge >= 0.3 is 0 Å². The number of carbonyl (C=O) groups excluding carboxylic acids is 9. The quantitative estimate of drug-likeness (QED) is 0.0748. The summed E-state index contributed by atoms with van der Waals surface area (Å²) >= 11 is 0. The van der Waals surface area contributed by atoms with Crippen LogP contribution in [0.4, 0.5) is 0 Å². The first-order chi connectivity index (χ1) is 48.7. The molecule has 12 aliphatic heterocycles. The number of aliphatic hydroxyl groups excluding tert-OH is 1. The molecule has 13 rings (SSSR count). The highest BCUT2D eigenvalue weighted by atomic mass is 16.8. The Morgan fingerprint density at radius 3 is 2.09 bits per heavy atom. The number of hydrogen-bond acceptors (Lipinski definition) is 22. The van der Waals surface area contributed by atoms with Crippen LogP contribution in [0.25, 0.3) is 0 Å². The third-order valence-electron chi connectivity index (χ3n) is 21.8. The zero-order valence-corrected chi connectivity index (χ0v) is 57.9. The zero-order valence-electron chi connectivity index (χ0n) is 57.9. The molecule has 12 aliphatic rings. The molecule has 29 nitrogen and oxygen atoms in total. The fraction of sp³-hybridized carbons (Fsp3) is 0.708. The number of benzene rings is 1. The molecule has 1 aromatic carbocycles. The first-order valence-corrected chi connectivity index (χ1v) is 36.2. The number of fused-ring (bicyclic) bond motifs is 6. The van der Waals surface area contributed by atoms with Crippen LogP contribution < -0.4 is 26.6 Å². The van der Waals surface area contributed by atoms with E-state index >= 15 is 0 Å². The number of nitrogens with one attached hydrogen (secondary N) is 5. The molecule has 0 saturated carbocycles. The van der Waals surface area contributed by atoms with E-state index in [2.05, 4.69) is 46.7 Å². The Bertz CT molecular complexity index is 3180. The van der Waals surface area contributed by atoms with Crippen molar-refractivity contribution >= 4 is 53.0 Å². The van der Waals surface area contributed by atoms with Crippen LogP contribution in [0.3, 0.4) is 0 Å². The van der Waals surface area contributed by atoms with Crippen LogP contribution in [0.15, 0.2) is 66.8 Å². The first kappa shape index (κ1) is 74.3. The van der Waals surface area contributed by atoms with E-state index in [0.717, 1.165) is 48.2 Å². The molecule has 1 spiro atoms. The van der Waals surface area contributed by atoms with E-state index in [1.165, 1.54) is 12.2 Å². The maximum Gasteiger partial charge on any atom is 0.253 e. The van der Waals surface area contributed by atoms with Gasteiger partial charge in [-0.3, -0.25) is 53.0 Å². The van der Waals surface area contributed by atoms with E-state index in [9.17, 15) is 48.3 Å². The van der Waals surface area contributed by atoms with Crippen molar-refractivity contribution in [2.75, 3.05) is 99.0 Å². The number of ketones is 1. The summed E-state index contributed by atoms with van der Waals surface area (Å²) in [7, 11) is 1.57. The van der Waals surface area contributed by atoms with Gasteiger partial charge < -0.3 is 88.7 Å². The van der Waals surface area contributed by atoms with Crippen LogP contribution in [0.2, 0.25) is 0 Å². The number of imide groups is 1. The minimum Gasteiger partial charge on any atom is -0.391 e. The van der Waals surface area contributed by atoms with Gasteiger partial charge in [0.15, 0.2) is 5.79 Å². The highest BCUT2D eigenvalue weighted by Crippen LogP contribution is 2.54. The van der Waals surface area contributed by atoms with Gasteiger partial charge in [0.25, 0.3) is 11.8 Å². The van der Waals surface area contributed by atoms with Gasteiger partial charge in [0, 0.05) is 116 Å². The molecular formula is C72H100N8O21. The zero-order chi connectivity index (χ0) is 70.9. The molecular weight excluding hydrogens is 1310 g/mol. The van der Waals surface area contributed by atoms with Crippen molar-refractivity contribution in [3.8, 4) is 0 Å². The number of Topliss-reactive ketones (excluding diaryl/α,β-unsaturated/α-hetero) is 1. The van der Waals surface area contributed by atoms with Crippen molar-refractivity contribution < 1.29 is 100 Å². The van der Waals surface area contributed by atoms with Crippen LogP contribution in [0.5, 0.6) is 0 Å². The molecule has 11 saturated heterocycles. The van der Waals surface area contributed by atoms with Crippen molar-refractivity contribution in [3.05, 3.63) is 72.4 Å². The second-order valence-corrected chi connectivity index (χ2v) is 28.9. The predicted octanol–water partition coefficient (Wildman–Crippen LogP) is 0.164. The molecule has 1 aromatic rings. The molecule has 6 N–H and O–H groups in total. The summed E-state index contributed by atoms with van der Waals surface area (Å²) in [6.07, 6.45) is 3.12. The topological polar surface area (TPSA) is 345 Å². The number of hydrogen-bond donors (Lipinski definition) is 6. The van der Waals surface area contributed by atoms with Crippen molar-refractivity contribution in [1.82, 2.24) is 41.3 Å². The molecule has 554 valence electrons. The minimum absolute atomic E-state index is 0.0229. The molecule has 0 radical (unpaired) electrons. The Kier molecular flexibility index (Phi) is 25.0. The summed E-state index contributed by atoms with van der Waals surface area (Å²) in [6, 6.07) is 7.72. The van der Waals surface area contributed by atoms with E-state index in [-0.39, 0.29) is 164 Å². The highest BCUT2D eigenvalue weighted by molar-refractivity contribution is 6.13. The summed E-state index contributed by atoms with van der Waals surface area (Å²) in [5, 5.41) is 24.6. The van der Waals surface area contributed by atoms with Gasteiger partial charge in [-0.25, -0.2) is 0 Å². The van der Waals surface area contributed by atoms with E-state index in [1.54, 1.807) is 47.2 Å². The van der Waals surface area contributed by atoms with Gasteiger partial charge in [-0.15, -0.1) is 0 Å². The summed E-state index contributed by atoms with van der Waals surface area (Å²) in [4.78, 5) is 122. The van der Waals surface area contributed by atoms with Crippen molar-refractivity contribution in [1.29, 1.82) is 0 Å². The molecule has 0 aliphatic carbocycles. The Morgan fingerprint density at radius 2 is 1.33 bits per heavy atom. The van der Waals surface area contributed by atoms with Gasteiger partial charge in [-0.1, -0.05) is 50.4 Å². The van der Waals surface area contributed by atoms with E-state index < -0.39 is 121 Å². The average Bonchev–Trinajstić information content (AvgIpc) is 1.55. The fourth-order valence-electron chi connectivity index (χ4n) is 16.4. The van der Waals surface area contributed by atoms with Crippen molar-refractivity contribution in [3.63, 3.8) is 0 Å². The molecule has 29 heteroatoms. The van der Waals surface area contributed by atoms with Crippen LogP contribution in [-0.4, -0.2) is 281 Å². The maximum atomic E-state index is 14.6. The number of nitrogens with zero attached hydrogens (tertiary/aromatic N) is 3. The molecule has 12 bridgehead atoms. The number of ether oxygens (including phenoxy) is 11. The Balaban J connectivity index is 0.603. The lowest BCUT2D eigenvalue weighted by Gasteiger charge is -2.47. The van der Waals surface area contributed by atoms with Crippen molar-refractivity contribution in [2.45, 2.75) is 213 Å². The van der Waals surface area contributed by atoms with Gasteiger partial charge in [0.2, 0.25) is 35.4 Å². The standard InChI is InChI=1S/C72H100N8O21/c1-41-28-47-10-12-52-42(2)29-49(94-52)16-18-72-35-57-67(100-72)68-69(99-57)70(101-72)66-53(98-68)13-11-48(96-66)31-45(81)32-50-55(34-54(95-47)43(41)3)97-56(65(50)91-4)33-46(82)36-73-59(84)38-76-71(90)51(30-44-8-6-5-7-9-44)77-60(85)39-74-58(83)37-75-61(86)40-78-20-24-92-26-22-79(23-27-93-25-21-78)62(87)17-19-80-63(88)14-15-64(80)89/h5-9,14-15,41,46-57,65-70,82H,2-3,10-13,16-40H2,1,4H3,(H,73,84)(H,74,83)(H,75,86)(H,76,90)(H,77,85)/t41-,46+,47+,48-,49+,50+,51+,52+,53+,54-,55+,56-,57-,65-,66+,67+,68?,69?,70+,72+/m1/s1. The lowest BCUT2D eigenvalue weighted by Crippen LogP contribution is -2.61. The number of carbonyl (C=O) groups is 9. The van der Waals surface area contributed by atoms with E-state index in [4.69, 9.17) is 52.1 Å². The normalized spacial score (nSPS) is 35.2. The Hall–Kier alpha value is -6.45. The third-order valence-corrected chi connectivity index (χ3v) is 21.8. The Morgan fingerprint density at radius 1 is 0.663 bits per heavy atom. The SMILES string of the molecule is C=C1C[C@@H]2CC[C@@]34C[C@H]5OC6C(O[C@H]7CC[C@H](CC(=O)C[C@@H]8[C@@H](OC)[C@@H](C[C@H](O)CNC(=O)CNC(=O)[C@H](Cc9ccccc9)NC(=O)CNC(=O)CNC(=O)CN9CCOCCN(C(=O)CCN%10C(=O)C=CC%10=O)CCOCC9)O[C@H]8C[C@H]8O[C@@H](CC[C@@H]1O2)C[C@@H](C)C8=C)O[C@@H]7[C@@H]6O3)[C@H]5O4. The number of methoxy groups -OCH3 is 1. The van der Waals surface area contributed by atoms with Crippen LogP contribution in [0, 0.1) is 11.8 Å². The molecule has 101 heavy (non-hydrogen) atoms. The number of aliphatic hydroxyl groups is 1. The maximum absolute atomic E-state index is 14.6. The van der Waals surface area contributed by atoms with Gasteiger partial charge in [0.1, 0.15) is 42.3 Å². The molecule has 0 aromatic heterocycles. The molecule has 8 amide bonds. The first-order valence-electron chi connectivity index (χ1n) is 36.2. The predicted molar refractivity (Wildman–Crippen MR) is 356 cm³/mol. The lowest BCUT2D eigenvalue weighted by molar-refractivity contribution is -0.292. The van der Waals surface area contributed by atoms with Crippen LogP contribution in [-0.2, 0) is 102 Å². The largest absolute Gasteiger partial charge is 0.391 e. The van der Waals surface area contributed by atoms with Gasteiger partial charge in [-0.2, -0.15) is 0 Å². The van der Waals surface area contributed by atoms with Crippen LogP contribution in [0.1, 0.15) is 102 Å². The second-order valence-electron chi connectivity index (χ2n) is 28.9. The van der Waals surface area contributed by atoms with Crippen molar-refractivity contribution in [2.24, 2.45) is 11.8 Å². The highest BCUT2D eigenvalue weighted by Gasteiger charge is 2.69. The second kappa shape index (κ2) is 34.0. The summed E-state index contributed by atoms with van der Waals surface area (Å²) in [5.74, 6) is -5.52. The number of rotatable bonds is 20. The molecule has 2 unspecified atom stereocenters. The molecule has 11 fully saturated rings. The monoisotopic (exact) mass is 1410 g/mol. The van der Waals surface area contributed by atoms with E-state index in [0.29, 0.717) is 50.8 Å². The lowest BCUT2D eigenvalue weighted by atomic mass is 9.81. The summed E-state index contributed by atoms with van der Waals surface area (Å²) < 4.78 is 72.4. The number of amides is 8. The summed E-state index contributed by atoms with van der Waals surface area (Å²) in [6.45, 7) is 11.3. The van der Waals surface area contributed by atoms with Crippen LogP contribution >= 0.6 is 0 Å². The molecule has 20 atom stereocenters. The average molecular weight is 1410 g/mol. The Labute approximate surface area is 588 Å².